The average Bonchev–Trinajstić information content (AvgIpc) is 2.22. The number of fused-ring (bicyclic) bond motifs is 1. The van der Waals surface area contributed by atoms with Crippen molar-refractivity contribution in [1.82, 2.24) is 4.90 Å². The van der Waals surface area contributed by atoms with Crippen LogP contribution in [0.15, 0.2) is 36.2 Å². The summed E-state index contributed by atoms with van der Waals surface area (Å²) in [6.45, 7) is 3.31. The van der Waals surface area contributed by atoms with E-state index in [9.17, 15) is 18.0 Å². The molecule has 0 N–H and O–H groups in total. The number of alkyl halides is 3. The van der Waals surface area contributed by atoms with E-state index in [1.165, 1.54) is 18.5 Å². The quantitative estimate of drug-likeness (QED) is 0.652. The molecule has 2 aliphatic rings. The molecule has 17 heavy (non-hydrogen) atoms. The summed E-state index contributed by atoms with van der Waals surface area (Å²) in [5.74, 6) is -0.160. The van der Waals surface area contributed by atoms with Crippen molar-refractivity contribution in [2.24, 2.45) is 5.41 Å². The standard InChI is InChI=1S/C12H12F3NO/c1-11(2)9-7-8(12(13,14)15)3-5-16(9)6-4-10(11)17/h3-7,9H,1-2H3/t9-/m1/s1. The van der Waals surface area contributed by atoms with Gasteiger partial charge in [-0.05, 0) is 18.2 Å². The van der Waals surface area contributed by atoms with E-state index in [1.807, 2.05) is 0 Å². The van der Waals surface area contributed by atoms with Crippen LogP contribution in [0.5, 0.6) is 0 Å². The third kappa shape index (κ3) is 1.90. The maximum atomic E-state index is 12.6. The Balaban J connectivity index is 2.43. The van der Waals surface area contributed by atoms with Crippen LogP contribution in [0.3, 0.4) is 0 Å². The second-order valence-electron chi connectivity index (χ2n) is 4.73. The zero-order valence-corrected chi connectivity index (χ0v) is 9.45. The second kappa shape index (κ2) is 3.48. The maximum absolute atomic E-state index is 12.6. The first-order valence-electron chi connectivity index (χ1n) is 5.20. The molecule has 1 atom stereocenters. The van der Waals surface area contributed by atoms with Crippen molar-refractivity contribution >= 4 is 5.78 Å². The number of nitrogens with zero attached hydrogens (tertiary/aromatic N) is 1. The Labute approximate surface area is 97.1 Å². The van der Waals surface area contributed by atoms with E-state index >= 15 is 0 Å². The van der Waals surface area contributed by atoms with Gasteiger partial charge in [0.1, 0.15) is 0 Å². The van der Waals surface area contributed by atoms with Crippen LogP contribution in [0.2, 0.25) is 0 Å². The van der Waals surface area contributed by atoms with Gasteiger partial charge in [-0.25, -0.2) is 0 Å². The lowest BCUT2D eigenvalue weighted by atomic mass is 9.76. The van der Waals surface area contributed by atoms with Crippen LogP contribution in [-0.4, -0.2) is 22.9 Å². The molecule has 5 heteroatoms. The predicted molar refractivity (Wildman–Crippen MR) is 56.8 cm³/mol. The number of allylic oxidation sites excluding steroid dienone is 3. The third-order valence-corrected chi connectivity index (χ3v) is 3.18. The van der Waals surface area contributed by atoms with E-state index in [0.717, 1.165) is 12.2 Å². The molecule has 0 aromatic heterocycles. The van der Waals surface area contributed by atoms with Gasteiger partial charge in [0, 0.05) is 12.4 Å². The van der Waals surface area contributed by atoms with Crippen molar-refractivity contribution in [1.29, 1.82) is 0 Å². The summed E-state index contributed by atoms with van der Waals surface area (Å²) in [5, 5.41) is 0. The molecule has 0 fully saturated rings. The summed E-state index contributed by atoms with van der Waals surface area (Å²) >= 11 is 0. The normalized spacial score (nSPS) is 26.9. The zero-order valence-electron chi connectivity index (χ0n) is 9.45. The lowest BCUT2D eigenvalue weighted by Crippen LogP contribution is -2.47. The summed E-state index contributed by atoms with van der Waals surface area (Å²) in [7, 11) is 0. The fraction of sp³-hybridized carbons (Fsp3) is 0.417. The van der Waals surface area contributed by atoms with Gasteiger partial charge in [-0.3, -0.25) is 4.79 Å². The molecular formula is C12H12F3NO. The van der Waals surface area contributed by atoms with Crippen LogP contribution in [0.25, 0.3) is 0 Å². The number of hydrogen-bond acceptors (Lipinski definition) is 2. The van der Waals surface area contributed by atoms with Crippen LogP contribution in [0.4, 0.5) is 13.2 Å². The molecule has 0 aromatic rings. The van der Waals surface area contributed by atoms with Gasteiger partial charge in [0.05, 0.1) is 17.0 Å². The summed E-state index contributed by atoms with van der Waals surface area (Å²) in [6.07, 6.45) is 2.03. The van der Waals surface area contributed by atoms with Crippen molar-refractivity contribution in [3.63, 3.8) is 0 Å². The van der Waals surface area contributed by atoms with E-state index in [2.05, 4.69) is 0 Å². The molecule has 0 aliphatic carbocycles. The first kappa shape index (κ1) is 12.0. The molecule has 2 aliphatic heterocycles. The minimum absolute atomic E-state index is 0.160. The first-order valence-corrected chi connectivity index (χ1v) is 5.20. The Morgan fingerprint density at radius 1 is 1.24 bits per heavy atom. The third-order valence-electron chi connectivity index (χ3n) is 3.18. The molecule has 0 unspecified atom stereocenters. The minimum Gasteiger partial charge on any atom is -0.346 e. The van der Waals surface area contributed by atoms with Gasteiger partial charge in [-0.15, -0.1) is 0 Å². The van der Waals surface area contributed by atoms with Crippen LogP contribution in [0, 0.1) is 5.41 Å². The molecule has 0 saturated heterocycles. The van der Waals surface area contributed by atoms with E-state index in [-0.39, 0.29) is 5.78 Å². The molecule has 0 radical (unpaired) electrons. The van der Waals surface area contributed by atoms with Gasteiger partial charge >= 0.3 is 6.18 Å². The number of ketones is 1. The Hall–Kier alpha value is -1.52. The van der Waals surface area contributed by atoms with Crippen LogP contribution >= 0.6 is 0 Å². The topological polar surface area (TPSA) is 20.3 Å². The molecular weight excluding hydrogens is 231 g/mol. The Kier molecular flexibility index (Phi) is 2.45. The van der Waals surface area contributed by atoms with E-state index in [0.29, 0.717) is 0 Å². The highest BCUT2D eigenvalue weighted by Crippen LogP contribution is 2.38. The van der Waals surface area contributed by atoms with Crippen LogP contribution in [0.1, 0.15) is 13.8 Å². The molecule has 0 aromatic carbocycles. The largest absolute Gasteiger partial charge is 0.416 e. The SMILES string of the molecule is CC1(C)C(=O)C=CN2C=CC(C(F)(F)F)=C[C@@H]21. The van der Waals surface area contributed by atoms with Gasteiger partial charge in [0.15, 0.2) is 5.78 Å². The molecule has 92 valence electrons. The van der Waals surface area contributed by atoms with Crippen molar-refractivity contribution in [3.05, 3.63) is 36.2 Å². The fourth-order valence-corrected chi connectivity index (χ4v) is 2.00. The van der Waals surface area contributed by atoms with Gasteiger partial charge in [-0.2, -0.15) is 13.2 Å². The number of carbonyl (C=O) groups excluding carboxylic acids is 1. The van der Waals surface area contributed by atoms with E-state index < -0.39 is 23.2 Å². The van der Waals surface area contributed by atoms with E-state index in [1.54, 1.807) is 18.7 Å². The van der Waals surface area contributed by atoms with Crippen molar-refractivity contribution < 1.29 is 18.0 Å². The summed E-state index contributed by atoms with van der Waals surface area (Å²) in [4.78, 5) is 13.3. The van der Waals surface area contributed by atoms with Crippen molar-refractivity contribution in [2.45, 2.75) is 26.1 Å². The molecule has 0 bridgehead atoms. The average molecular weight is 243 g/mol. The monoisotopic (exact) mass is 243 g/mol. The lowest BCUT2D eigenvalue weighted by Gasteiger charge is -2.41. The van der Waals surface area contributed by atoms with Gasteiger partial charge in [0.25, 0.3) is 0 Å². The first-order chi connectivity index (χ1) is 7.73. The highest BCUT2D eigenvalue weighted by Gasteiger charge is 2.43. The zero-order chi connectivity index (χ0) is 12.8. The summed E-state index contributed by atoms with van der Waals surface area (Å²) < 4.78 is 37.8. The van der Waals surface area contributed by atoms with Gasteiger partial charge in [-0.1, -0.05) is 13.8 Å². The van der Waals surface area contributed by atoms with E-state index in [4.69, 9.17) is 0 Å². The van der Waals surface area contributed by atoms with Gasteiger partial charge in [0.2, 0.25) is 0 Å². The number of hydrogen-bond donors (Lipinski definition) is 0. The van der Waals surface area contributed by atoms with Crippen LogP contribution in [-0.2, 0) is 4.79 Å². The van der Waals surface area contributed by atoms with Crippen molar-refractivity contribution in [2.75, 3.05) is 0 Å². The highest BCUT2D eigenvalue weighted by atomic mass is 19.4. The smallest absolute Gasteiger partial charge is 0.346 e. The Morgan fingerprint density at radius 2 is 1.82 bits per heavy atom. The van der Waals surface area contributed by atoms with Crippen molar-refractivity contribution in [3.8, 4) is 0 Å². The maximum Gasteiger partial charge on any atom is 0.416 e. The number of rotatable bonds is 0. The fourth-order valence-electron chi connectivity index (χ4n) is 2.00. The molecule has 2 nitrogen and oxygen atoms in total. The summed E-state index contributed by atoms with van der Waals surface area (Å²) in [5.41, 5.74) is -1.55. The molecule has 2 heterocycles. The second-order valence-corrected chi connectivity index (χ2v) is 4.73. The Bertz CT molecular complexity index is 443. The molecule has 0 spiro atoms. The molecule has 2 rings (SSSR count). The minimum atomic E-state index is -4.37. The molecule has 0 amide bonds. The van der Waals surface area contributed by atoms with Gasteiger partial charge < -0.3 is 4.90 Å². The predicted octanol–water partition coefficient (Wildman–Crippen LogP) is 2.80. The lowest BCUT2D eigenvalue weighted by molar-refractivity contribution is -0.125. The number of halogens is 3. The highest BCUT2D eigenvalue weighted by molar-refractivity contribution is 5.96. The van der Waals surface area contributed by atoms with Crippen LogP contribution < -0.4 is 0 Å². The number of carbonyl (C=O) groups is 1. The Morgan fingerprint density at radius 3 is 2.41 bits per heavy atom. The summed E-state index contributed by atoms with van der Waals surface area (Å²) in [6, 6.07) is -0.582. The molecule has 0 saturated carbocycles.